The van der Waals surface area contributed by atoms with Crippen molar-refractivity contribution in [3.8, 4) is 28.5 Å². The molecule has 5 heteroatoms. The Morgan fingerprint density at radius 3 is 1.54 bits per heavy atom. The molecule has 0 radical (unpaired) electrons. The highest BCUT2D eigenvalue weighted by Crippen LogP contribution is 2.44. The molecule has 4 aromatic heterocycles. The van der Waals surface area contributed by atoms with Gasteiger partial charge in [0.2, 0.25) is 0 Å². The van der Waals surface area contributed by atoms with Crippen molar-refractivity contribution in [2.45, 2.75) is 0 Å². The lowest BCUT2D eigenvalue weighted by Crippen LogP contribution is -2.04. The molecule has 4 heterocycles. The minimum atomic E-state index is 0.804. The molecule has 0 amide bonds. The summed E-state index contributed by atoms with van der Waals surface area (Å²) in [5.41, 5.74) is 12.7. The second-order valence-electron chi connectivity index (χ2n) is 16.5. The van der Waals surface area contributed by atoms with Crippen LogP contribution >= 0.6 is 0 Å². The Balaban J connectivity index is 1.08. The van der Waals surface area contributed by atoms with Gasteiger partial charge in [0.15, 0.2) is 5.82 Å². The van der Waals surface area contributed by atoms with Crippen molar-refractivity contribution in [3.63, 3.8) is 0 Å². The minimum absolute atomic E-state index is 0.804. The van der Waals surface area contributed by atoms with E-state index in [0.29, 0.717) is 0 Å². The van der Waals surface area contributed by atoms with Crippen LogP contribution in [0.1, 0.15) is 0 Å². The molecular formula is C58H35N5. The Labute approximate surface area is 360 Å². The first kappa shape index (κ1) is 34.2. The van der Waals surface area contributed by atoms with Crippen molar-refractivity contribution in [1.82, 2.24) is 23.7 Å². The predicted octanol–water partition coefficient (Wildman–Crippen LogP) is 14.9. The van der Waals surface area contributed by atoms with Crippen molar-refractivity contribution in [3.05, 3.63) is 212 Å². The highest BCUT2D eigenvalue weighted by molar-refractivity contribution is 6.29. The highest BCUT2D eigenvalue weighted by Gasteiger charge is 2.24. The van der Waals surface area contributed by atoms with Crippen LogP contribution in [-0.2, 0) is 0 Å². The first-order valence-corrected chi connectivity index (χ1v) is 21.5. The molecule has 0 spiro atoms. The molecule has 0 unspecified atom stereocenters. The predicted molar refractivity (Wildman–Crippen MR) is 263 cm³/mol. The molecule has 0 fully saturated rings. The zero-order valence-electron chi connectivity index (χ0n) is 33.9. The van der Waals surface area contributed by atoms with E-state index in [-0.39, 0.29) is 0 Å². The fraction of sp³-hybridized carbons (Fsp3) is 0. The zero-order valence-corrected chi connectivity index (χ0v) is 33.9. The molecule has 14 aromatic rings. The van der Waals surface area contributed by atoms with E-state index in [9.17, 15) is 0 Å². The lowest BCUT2D eigenvalue weighted by Gasteiger charge is -2.16. The Morgan fingerprint density at radius 2 is 0.810 bits per heavy atom. The maximum atomic E-state index is 5.49. The molecular weight excluding hydrogens is 767 g/mol. The van der Waals surface area contributed by atoms with Gasteiger partial charge in [0.1, 0.15) is 5.69 Å². The van der Waals surface area contributed by atoms with Crippen molar-refractivity contribution in [1.29, 1.82) is 0 Å². The van der Waals surface area contributed by atoms with Crippen LogP contribution < -0.4 is 0 Å². The Morgan fingerprint density at radius 1 is 0.302 bits per heavy atom. The van der Waals surface area contributed by atoms with Gasteiger partial charge in [-0.1, -0.05) is 152 Å². The van der Waals surface area contributed by atoms with Crippen LogP contribution in [0, 0.1) is 0 Å². The topological polar surface area (TPSA) is 40.6 Å². The van der Waals surface area contributed by atoms with E-state index < -0.39 is 0 Å². The Hall–Kier alpha value is -8.54. The van der Waals surface area contributed by atoms with E-state index in [4.69, 9.17) is 9.97 Å². The summed E-state index contributed by atoms with van der Waals surface area (Å²) in [7, 11) is 0. The lowest BCUT2D eigenvalue weighted by molar-refractivity contribution is 1.08. The number of hydrogen-bond acceptors (Lipinski definition) is 2. The lowest BCUT2D eigenvalue weighted by atomic mass is 10.0. The van der Waals surface area contributed by atoms with E-state index in [1.807, 2.05) is 12.1 Å². The third-order valence-corrected chi connectivity index (χ3v) is 13.2. The van der Waals surface area contributed by atoms with E-state index in [1.165, 1.54) is 59.8 Å². The molecule has 0 N–H and O–H groups in total. The minimum Gasteiger partial charge on any atom is -0.309 e. The monoisotopic (exact) mass is 801 g/mol. The van der Waals surface area contributed by atoms with E-state index >= 15 is 0 Å². The average Bonchev–Trinajstić information content (AvgIpc) is 3.98. The fourth-order valence-corrected chi connectivity index (χ4v) is 10.5. The van der Waals surface area contributed by atoms with Crippen LogP contribution in [0.2, 0.25) is 0 Å². The van der Waals surface area contributed by atoms with Gasteiger partial charge >= 0.3 is 0 Å². The molecule has 14 rings (SSSR count). The maximum absolute atomic E-state index is 5.49. The normalized spacial score (nSPS) is 12.1. The van der Waals surface area contributed by atoms with E-state index in [1.54, 1.807) is 0 Å². The van der Waals surface area contributed by atoms with Crippen LogP contribution in [-0.4, -0.2) is 23.7 Å². The largest absolute Gasteiger partial charge is 0.309 e. The number of para-hydroxylation sites is 5. The quantitative estimate of drug-likeness (QED) is 0.178. The number of hydrogen-bond donors (Lipinski definition) is 0. The summed E-state index contributed by atoms with van der Waals surface area (Å²) in [6.07, 6.45) is 0. The summed E-state index contributed by atoms with van der Waals surface area (Å²) >= 11 is 0. The molecule has 0 bridgehead atoms. The third kappa shape index (κ3) is 4.82. The van der Waals surface area contributed by atoms with Crippen molar-refractivity contribution < 1.29 is 0 Å². The van der Waals surface area contributed by atoms with Gasteiger partial charge in [0, 0.05) is 49.0 Å². The number of benzene rings is 10. The van der Waals surface area contributed by atoms with Gasteiger partial charge in [-0.25, -0.2) is 9.97 Å². The van der Waals surface area contributed by atoms with Crippen LogP contribution in [0.25, 0.3) is 126 Å². The molecule has 0 saturated carbocycles. The van der Waals surface area contributed by atoms with Crippen LogP contribution in [0.3, 0.4) is 0 Å². The molecule has 5 nitrogen and oxygen atoms in total. The van der Waals surface area contributed by atoms with Crippen LogP contribution in [0.15, 0.2) is 212 Å². The average molecular weight is 802 g/mol. The van der Waals surface area contributed by atoms with E-state index in [0.717, 1.165) is 66.6 Å². The van der Waals surface area contributed by atoms with Crippen LogP contribution in [0.4, 0.5) is 0 Å². The summed E-state index contributed by atoms with van der Waals surface area (Å²) in [4.78, 5) is 10.9. The standard InChI is InChI=1S/C58H35N5/c1-3-19-39-36(15-1)17-13-24-43(39)57-58(60-47-26-9-8-25-46(47)59-57)63-49-27-10-5-21-41(49)42-32-31-38(35-54(42)63)61-50-28-11-6-22-44(50)55-52(61)33-34-53-56(55)45-23-7-12-29-51(45)62(53)48-30-14-18-37-16-2-4-20-40(37)48/h1-35H. The smallest absolute Gasteiger partial charge is 0.165 e. The summed E-state index contributed by atoms with van der Waals surface area (Å²) in [5, 5.41) is 12.1. The molecule has 10 aromatic carbocycles. The number of nitrogens with zero attached hydrogens (tertiary/aromatic N) is 5. The molecule has 0 aliphatic rings. The molecule has 0 atom stereocenters. The number of rotatable bonds is 4. The SMILES string of the molecule is c1ccc2c(-c3nc4ccccc4nc3-n3c4ccccc4c4ccc(-n5c6ccccc6c6c7c8ccccc8n(-c8cccc9ccccc89)c7ccc65)cc43)cccc2c1. The van der Waals surface area contributed by atoms with Crippen LogP contribution in [0.5, 0.6) is 0 Å². The van der Waals surface area contributed by atoms with Crippen molar-refractivity contribution in [2.75, 3.05) is 0 Å². The first-order valence-electron chi connectivity index (χ1n) is 21.5. The van der Waals surface area contributed by atoms with Gasteiger partial charge in [-0.15, -0.1) is 0 Å². The molecule has 0 aliphatic carbocycles. The highest BCUT2D eigenvalue weighted by atomic mass is 15.1. The molecule has 63 heavy (non-hydrogen) atoms. The second kappa shape index (κ2) is 13.0. The first-order chi connectivity index (χ1) is 31.3. The molecule has 0 aliphatic heterocycles. The third-order valence-electron chi connectivity index (χ3n) is 13.2. The second-order valence-corrected chi connectivity index (χ2v) is 16.5. The summed E-state index contributed by atoms with van der Waals surface area (Å²) in [5.74, 6) is 0.804. The maximum Gasteiger partial charge on any atom is 0.165 e. The summed E-state index contributed by atoms with van der Waals surface area (Å²) in [6, 6.07) is 76.6. The van der Waals surface area contributed by atoms with Gasteiger partial charge in [0.25, 0.3) is 0 Å². The van der Waals surface area contributed by atoms with E-state index in [2.05, 4.69) is 214 Å². The summed E-state index contributed by atoms with van der Waals surface area (Å²) in [6.45, 7) is 0. The Kier molecular flexibility index (Phi) is 7.05. The van der Waals surface area contributed by atoms with Crippen molar-refractivity contribution >= 4 is 98.0 Å². The van der Waals surface area contributed by atoms with Crippen molar-refractivity contribution in [2.24, 2.45) is 0 Å². The molecule has 0 saturated heterocycles. The van der Waals surface area contributed by atoms with Gasteiger partial charge in [0.05, 0.1) is 49.8 Å². The number of aromatic nitrogens is 5. The van der Waals surface area contributed by atoms with Gasteiger partial charge in [-0.2, -0.15) is 0 Å². The van der Waals surface area contributed by atoms with Gasteiger partial charge < -0.3 is 9.13 Å². The van der Waals surface area contributed by atoms with Gasteiger partial charge in [-0.05, 0) is 76.8 Å². The summed E-state index contributed by atoms with van der Waals surface area (Å²) < 4.78 is 7.25. The Bertz CT molecular complexity index is 4210. The zero-order chi connectivity index (χ0) is 41.2. The number of fused-ring (bicyclic) bond motifs is 13. The fourth-order valence-electron chi connectivity index (χ4n) is 10.5. The van der Waals surface area contributed by atoms with Gasteiger partial charge in [-0.3, -0.25) is 4.57 Å². The molecule has 292 valence electrons.